The van der Waals surface area contributed by atoms with E-state index >= 15 is 0 Å². The highest BCUT2D eigenvalue weighted by Gasteiger charge is 2.30. The van der Waals surface area contributed by atoms with Gasteiger partial charge in [0.15, 0.2) is 0 Å². The Bertz CT molecular complexity index is 750. The second kappa shape index (κ2) is 10.1. The molecule has 2 aliphatic rings. The van der Waals surface area contributed by atoms with Crippen LogP contribution in [0.4, 0.5) is 0 Å². The molecule has 3 rings (SSSR count). The summed E-state index contributed by atoms with van der Waals surface area (Å²) in [4.78, 5) is 14.9. The zero-order chi connectivity index (χ0) is 19.4. The molecule has 2 bridgehead atoms. The van der Waals surface area contributed by atoms with Crippen molar-refractivity contribution < 1.29 is 13.2 Å². The number of aryl methyl sites for hydroxylation is 1. The number of nitrogens with zero attached hydrogens (tertiary/aromatic N) is 2. The van der Waals surface area contributed by atoms with Crippen molar-refractivity contribution in [3.63, 3.8) is 0 Å². The molecule has 1 amide bonds. The van der Waals surface area contributed by atoms with Crippen molar-refractivity contribution in [1.29, 1.82) is 0 Å². The summed E-state index contributed by atoms with van der Waals surface area (Å²) < 4.78 is 26.5. The number of benzene rings is 1. The third-order valence-corrected chi connectivity index (χ3v) is 7.83. The van der Waals surface area contributed by atoms with Gasteiger partial charge < -0.3 is 10.2 Å². The number of nitrogens with one attached hydrogen (secondary N) is 1. The Morgan fingerprint density at radius 3 is 2.39 bits per heavy atom. The molecule has 2 heterocycles. The van der Waals surface area contributed by atoms with Crippen LogP contribution in [0.5, 0.6) is 0 Å². The van der Waals surface area contributed by atoms with Gasteiger partial charge >= 0.3 is 0 Å². The van der Waals surface area contributed by atoms with Crippen molar-refractivity contribution in [2.45, 2.75) is 62.9 Å². The number of carbonyl (C=O) groups is 1. The first-order valence-electron chi connectivity index (χ1n) is 10.1. The molecular weight excluding hydrogens is 398 g/mol. The van der Waals surface area contributed by atoms with Gasteiger partial charge in [0.25, 0.3) is 0 Å². The maximum Gasteiger partial charge on any atom is 0.243 e. The number of halogens is 1. The van der Waals surface area contributed by atoms with Crippen LogP contribution < -0.4 is 5.32 Å². The van der Waals surface area contributed by atoms with Gasteiger partial charge in [-0.2, -0.15) is 4.31 Å². The van der Waals surface area contributed by atoms with E-state index in [9.17, 15) is 13.2 Å². The fraction of sp³-hybridized carbons (Fsp3) is 0.650. The minimum Gasteiger partial charge on any atom is -0.341 e. The van der Waals surface area contributed by atoms with Crippen LogP contribution in [-0.4, -0.2) is 61.8 Å². The van der Waals surface area contributed by atoms with Crippen molar-refractivity contribution in [1.82, 2.24) is 14.5 Å². The van der Waals surface area contributed by atoms with E-state index in [-0.39, 0.29) is 18.3 Å². The normalized spacial score (nSPS) is 22.0. The van der Waals surface area contributed by atoms with Crippen LogP contribution in [0, 0.1) is 0 Å². The van der Waals surface area contributed by atoms with Crippen molar-refractivity contribution in [3.8, 4) is 0 Å². The van der Waals surface area contributed by atoms with Crippen LogP contribution in [-0.2, 0) is 21.2 Å². The molecule has 6 nitrogen and oxygen atoms in total. The number of hydrogen-bond acceptors (Lipinski definition) is 4. The average molecular weight is 430 g/mol. The maximum atomic E-state index is 12.6. The minimum atomic E-state index is -3.42. The SMILES string of the molecule is CCN(CC)S(=O)(=O)c1ccc(CCC(=O)N2CCC3CCC(C2)N3)cc1.Cl. The van der Waals surface area contributed by atoms with Crippen molar-refractivity contribution in [3.05, 3.63) is 29.8 Å². The number of amides is 1. The Morgan fingerprint density at radius 2 is 1.75 bits per heavy atom. The third kappa shape index (κ3) is 5.26. The molecule has 0 saturated carbocycles. The van der Waals surface area contributed by atoms with Crippen molar-refractivity contribution >= 4 is 28.3 Å². The van der Waals surface area contributed by atoms with Crippen LogP contribution in [0.2, 0.25) is 0 Å². The number of carbonyl (C=O) groups excluding carboxylic acids is 1. The molecule has 1 aromatic carbocycles. The third-order valence-electron chi connectivity index (χ3n) is 5.77. The summed E-state index contributed by atoms with van der Waals surface area (Å²) >= 11 is 0. The highest BCUT2D eigenvalue weighted by Crippen LogP contribution is 2.21. The Balaban J connectivity index is 0.00000280. The van der Waals surface area contributed by atoms with Gasteiger partial charge in [-0.3, -0.25) is 4.79 Å². The number of likely N-dealkylation sites (tertiary alicyclic amines) is 1. The lowest BCUT2D eigenvalue weighted by atomic mass is 10.1. The monoisotopic (exact) mass is 429 g/mol. The fourth-order valence-electron chi connectivity index (χ4n) is 4.12. The van der Waals surface area contributed by atoms with E-state index in [1.165, 1.54) is 10.7 Å². The molecule has 2 atom stereocenters. The molecule has 2 aliphatic heterocycles. The Labute approximate surface area is 175 Å². The summed E-state index contributed by atoms with van der Waals surface area (Å²) in [5.41, 5.74) is 0.997. The maximum absolute atomic E-state index is 12.6. The molecule has 158 valence electrons. The van der Waals surface area contributed by atoms with Gasteiger partial charge in [-0.15, -0.1) is 12.4 Å². The van der Waals surface area contributed by atoms with Crippen LogP contribution in [0.25, 0.3) is 0 Å². The standard InChI is InChI=1S/C20H31N3O3S.ClH/c1-3-23(4-2)27(25,26)19-10-5-16(6-11-19)7-12-20(24)22-14-13-17-8-9-18(15-22)21-17;/h5-6,10-11,17-18,21H,3-4,7-9,12-15H2,1-2H3;1H. The summed E-state index contributed by atoms with van der Waals surface area (Å²) in [6, 6.07) is 7.99. The molecule has 0 spiro atoms. The molecule has 8 heteroatoms. The van der Waals surface area contributed by atoms with Crippen LogP contribution in [0.15, 0.2) is 29.2 Å². The van der Waals surface area contributed by atoms with E-state index in [0.29, 0.717) is 42.9 Å². The molecule has 2 unspecified atom stereocenters. The van der Waals surface area contributed by atoms with Gasteiger partial charge in [0.1, 0.15) is 0 Å². The minimum absolute atomic E-state index is 0. The number of rotatable bonds is 7. The Morgan fingerprint density at radius 1 is 1.11 bits per heavy atom. The molecule has 28 heavy (non-hydrogen) atoms. The molecule has 0 radical (unpaired) electrons. The van der Waals surface area contributed by atoms with E-state index < -0.39 is 10.0 Å². The van der Waals surface area contributed by atoms with Gasteiger partial charge in [-0.25, -0.2) is 8.42 Å². The van der Waals surface area contributed by atoms with E-state index in [1.807, 2.05) is 30.9 Å². The molecule has 0 aliphatic carbocycles. The predicted molar refractivity (Wildman–Crippen MR) is 113 cm³/mol. The lowest BCUT2D eigenvalue weighted by Gasteiger charge is -2.24. The summed E-state index contributed by atoms with van der Waals surface area (Å²) in [5.74, 6) is 0.198. The molecule has 2 saturated heterocycles. The van der Waals surface area contributed by atoms with Crippen LogP contribution in [0.3, 0.4) is 0 Å². The van der Waals surface area contributed by atoms with Crippen molar-refractivity contribution in [2.75, 3.05) is 26.2 Å². The summed E-state index contributed by atoms with van der Waals surface area (Å²) in [6.45, 7) is 6.25. The van der Waals surface area contributed by atoms with E-state index in [2.05, 4.69) is 5.32 Å². The highest BCUT2D eigenvalue weighted by molar-refractivity contribution is 7.89. The summed E-state index contributed by atoms with van der Waals surface area (Å²) in [7, 11) is -3.42. The second-order valence-corrected chi connectivity index (χ2v) is 9.44. The first-order chi connectivity index (χ1) is 12.9. The zero-order valence-corrected chi connectivity index (χ0v) is 18.4. The van der Waals surface area contributed by atoms with Crippen LogP contribution >= 0.6 is 12.4 Å². The van der Waals surface area contributed by atoms with Gasteiger partial charge in [-0.05, 0) is 43.4 Å². The molecular formula is C20H32ClN3O3S. The zero-order valence-electron chi connectivity index (χ0n) is 16.8. The van der Waals surface area contributed by atoms with Gasteiger partial charge in [0.05, 0.1) is 4.90 Å². The first-order valence-corrected chi connectivity index (χ1v) is 11.5. The summed E-state index contributed by atoms with van der Waals surface area (Å²) in [5, 5.41) is 3.60. The topological polar surface area (TPSA) is 69.7 Å². The van der Waals surface area contributed by atoms with Crippen molar-refractivity contribution in [2.24, 2.45) is 0 Å². The van der Waals surface area contributed by atoms with Crippen LogP contribution in [0.1, 0.15) is 45.1 Å². The largest absolute Gasteiger partial charge is 0.341 e. The smallest absolute Gasteiger partial charge is 0.243 e. The average Bonchev–Trinajstić information content (AvgIpc) is 2.99. The van der Waals surface area contributed by atoms with Gasteiger partial charge in [0.2, 0.25) is 15.9 Å². The molecule has 2 fully saturated rings. The van der Waals surface area contributed by atoms with E-state index in [4.69, 9.17) is 0 Å². The Hall–Kier alpha value is -1.15. The molecule has 1 aromatic rings. The first kappa shape index (κ1) is 23.1. The van der Waals surface area contributed by atoms with E-state index in [0.717, 1.165) is 31.5 Å². The van der Waals surface area contributed by atoms with Gasteiger partial charge in [-0.1, -0.05) is 26.0 Å². The number of fused-ring (bicyclic) bond motifs is 2. The van der Waals surface area contributed by atoms with E-state index in [1.54, 1.807) is 12.1 Å². The summed E-state index contributed by atoms with van der Waals surface area (Å²) in [6.07, 6.45) is 4.55. The van der Waals surface area contributed by atoms with Gasteiger partial charge in [0, 0.05) is 44.7 Å². The quantitative estimate of drug-likeness (QED) is 0.722. The highest BCUT2D eigenvalue weighted by atomic mass is 35.5. The fourth-order valence-corrected chi connectivity index (χ4v) is 5.58. The number of sulfonamides is 1. The predicted octanol–water partition coefficient (Wildman–Crippen LogP) is 2.42. The number of hydrogen-bond donors (Lipinski definition) is 1. The molecule has 0 aromatic heterocycles. The second-order valence-electron chi connectivity index (χ2n) is 7.50. The lowest BCUT2D eigenvalue weighted by molar-refractivity contribution is -0.131. The Kier molecular flexibility index (Phi) is 8.30. The lowest BCUT2D eigenvalue weighted by Crippen LogP contribution is -2.39. The molecule has 1 N–H and O–H groups in total.